The molecular formula is C38H45N3O8. The fraction of sp³-hybridized carbons (Fsp3) is 0.474. The van der Waals surface area contributed by atoms with Gasteiger partial charge in [-0.2, -0.15) is 0 Å². The van der Waals surface area contributed by atoms with Crippen molar-refractivity contribution in [1.82, 2.24) is 10.2 Å². The molecule has 0 unspecified atom stereocenters. The molecule has 3 amide bonds. The molecule has 2 N–H and O–H groups in total. The van der Waals surface area contributed by atoms with Gasteiger partial charge in [0.25, 0.3) is 5.91 Å². The highest BCUT2D eigenvalue weighted by Crippen LogP contribution is 2.56. The molecule has 260 valence electrons. The van der Waals surface area contributed by atoms with Crippen LogP contribution >= 0.6 is 0 Å². The molecule has 4 aliphatic heterocycles. The summed E-state index contributed by atoms with van der Waals surface area (Å²) in [6.07, 6.45) is 9.20. The highest BCUT2D eigenvalue weighted by Gasteiger charge is 2.73. The van der Waals surface area contributed by atoms with Gasteiger partial charge in [-0.1, -0.05) is 67.5 Å². The second-order valence-electron chi connectivity index (χ2n) is 13.2. The third-order valence-electron chi connectivity index (χ3n) is 10.0. The molecule has 5 bridgehead atoms. The number of aliphatic hydroxyl groups is 1. The first-order chi connectivity index (χ1) is 23.8. The van der Waals surface area contributed by atoms with E-state index < -0.39 is 47.7 Å². The Morgan fingerprint density at radius 2 is 1.71 bits per heavy atom. The zero-order valence-electron chi connectivity index (χ0n) is 28.0. The Morgan fingerprint density at radius 3 is 2.45 bits per heavy atom. The van der Waals surface area contributed by atoms with Crippen molar-refractivity contribution in [3.05, 3.63) is 84.5 Å². The number of hydrogen-bond donors (Lipinski definition) is 2. The van der Waals surface area contributed by atoms with Gasteiger partial charge in [-0.15, -0.1) is 0 Å². The molecule has 2 aromatic rings. The summed E-state index contributed by atoms with van der Waals surface area (Å²) in [5.41, 5.74) is -0.0486. The third kappa shape index (κ3) is 6.74. The molecule has 0 aromatic heterocycles. The highest BCUT2D eigenvalue weighted by atomic mass is 16.6. The lowest BCUT2D eigenvalue weighted by Crippen LogP contribution is -2.56. The van der Waals surface area contributed by atoms with Crippen molar-refractivity contribution >= 4 is 29.4 Å². The van der Waals surface area contributed by atoms with E-state index in [4.69, 9.17) is 14.2 Å². The monoisotopic (exact) mass is 671 g/mol. The number of unbranched alkanes of at least 4 members (excludes halogenated alkanes) is 3. The summed E-state index contributed by atoms with van der Waals surface area (Å²) in [7, 11) is 1.57. The number of carbonyl (C=O) groups is 4. The van der Waals surface area contributed by atoms with Crippen molar-refractivity contribution in [3.63, 3.8) is 0 Å². The number of likely N-dealkylation sites (tertiary alicyclic amines) is 1. The molecular weight excluding hydrogens is 626 g/mol. The normalized spacial score (nSPS) is 30.7. The minimum atomic E-state index is -1.36. The van der Waals surface area contributed by atoms with E-state index in [1.807, 2.05) is 42.5 Å². The second kappa shape index (κ2) is 15.0. The Kier molecular flexibility index (Phi) is 10.5. The zero-order valence-corrected chi connectivity index (χ0v) is 28.0. The van der Waals surface area contributed by atoms with Crippen molar-refractivity contribution in [2.24, 2.45) is 11.8 Å². The van der Waals surface area contributed by atoms with Crippen LogP contribution in [0.2, 0.25) is 0 Å². The maximum Gasteiger partial charge on any atom is 0.313 e. The van der Waals surface area contributed by atoms with Crippen molar-refractivity contribution in [2.45, 2.75) is 75.3 Å². The van der Waals surface area contributed by atoms with Crippen LogP contribution in [0.15, 0.2) is 78.9 Å². The summed E-state index contributed by atoms with van der Waals surface area (Å²) in [5.74, 6) is -2.78. The van der Waals surface area contributed by atoms with Crippen LogP contribution in [0, 0.1) is 11.8 Å². The highest BCUT2D eigenvalue weighted by molar-refractivity contribution is 6.05. The number of aliphatic hydroxyl groups excluding tert-OH is 1. The number of benzene rings is 2. The number of ether oxygens (including phenoxy) is 3. The summed E-state index contributed by atoms with van der Waals surface area (Å²) in [5, 5.41) is 12.3. The number of methoxy groups -OCH3 is 1. The van der Waals surface area contributed by atoms with E-state index in [1.165, 1.54) is 0 Å². The van der Waals surface area contributed by atoms with Gasteiger partial charge in [0, 0.05) is 31.8 Å². The van der Waals surface area contributed by atoms with Gasteiger partial charge in [0.15, 0.2) is 0 Å². The smallest absolute Gasteiger partial charge is 0.313 e. The van der Waals surface area contributed by atoms with Gasteiger partial charge in [0.05, 0.1) is 25.2 Å². The van der Waals surface area contributed by atoms with Crippen LogP contribution in [0.4, 0.5) is 5.69 Å². The molecule has 4 aliphatic rings. The van der Waals surface area contributed by atoms with E-state index in [2.05, 4.69) is 5.32 Å². The Bertz CT molecular complexity index is 1580. The van der Waals surface area contributed by atoms with Gasteiger partial charge in [-0.25, -0.2) is 0 Å². The van der Waals surface area contributed by atoms with Crippen LogP contribution < -0.4 is 15.0 Å². The zero-order chi connectivity index (χ0) is 34.5. The minimum Gasteiger partial charge on any atom is -0.497 e. The quantitative estimate of drug-likeness (QED) is 0.233. The van der Waals surface area contributed by atoms with E-state index >= 15 is 0 Å². The Hall–Kier alpha value is -4.48. The predicted octanol–water partition coefficient (Wildman–Crippen LogP) is 3.87. The van der Waals surface area contributed by atoms with Crippen LogP contribution in [0.3, 0.4) is 0 Å². The van der Waals surface area contributed by atoms with E-state index in [0.717, 1.165) is 12.8 Å². The topological polar surface area (TPSA) is 135 Å². The molecule has 0 radical (unpaired) electrons. The van der Waals surface area contributed by atoms with E-state index in [9.17, 15) is 24.3 Å². The summed E-state index contributed by atoms with van der Waals surface area (Å²) in [6, 6.07) is 14.8. The van der Waals surface area contributed by atoms with Gasteiger partial charge < -0.3 is 34.4 Å². The average Bonchev–Trinajstić information content (AvgIpc) is 3.75. The van der Waals surface area contributed by atoms with E-state index in [-0.39, 0.29) is 37.3 Å². The maximum absolute atomic E-state index is 14.9. The van der Waals surface area contributed by atoms with E-state index in [0.29, 0.717) is 42.8 Å². The van der Waals surface area contributed by atoms with Crippen LogP contribution in [0.1, 0.15) is 57.1 Å². The van der Waals surface area contributed by atoms with Crippen LogP contribution in [-0.2, 0) is 28.7 Å². The molecule has 11 nitrogen and oxygen atoms in total. The molecule has 0 aliphatic carbocycles. The molecule has 0 saturated carbocycles. The largest absolute Gasteiger partial charge is 0.497 e. The van der Waals surface area contributed by atoms with Gasteiger partial charge in [-0.3, -0.25) is 19.2 Å². The minimum absolute atomic E-state index is 0.0926. The van der Waals surface area contributed by atoms with Crippen LogP contribution in [0.5, 0.6) is 5.75 Å². The number of anilines is 1. The number of nitrogens with one attached hydrogen (secondary N) is 1. The summed E-state index contributed by atoms with van der Waals surface area (Å²) < 4.78 is 18.2. The maximum atomic E-state index is 14.9. The molecule has 6 rings (SSSR count). The number of allylic oxidation sites excluding steroid dienone is 1. The Morgan fingerprint density at radius 1 is 0.959 bits per heavy atom. The first-order valence-electron chi connectivity index (χ1n) is 17.2. The predicted molar refractivity (Wildman–Crippen MR) is 181 cm³/mol. The molecule has 2 aromatic carbocycles. The number of cyclic esters (lactones) is 1. The van der Waals surface area contributed by atoms with Gasteiger partial charge in [-0.05, 0) is 56.0 Å². The first kappa shape index (κ1) is 34.4. The lowest BCUT2D eigenvalue weighted by Gasteiger charge is -2.36. The lowest BCUT2D eigenvalue weighted by molar-refractivity contribution is -0.161. The summed E-state index contributed by atoms with van der Waals surface area (Å²) in [4.78, 5) is 59.9. The molecule has 2 fully saturated rings. The number of esters is 1. The van der Waals surface area contributed by atoms with Crippen molar-refractivity contribution in [3.8, 4) is 5.75 Å². The van der Waals surface area contributed by atoms with Gasteiger partial charge in [0.1, 0.15) is 29.4 Å². The number of nitrogens with zero attached hydrogens (tertiary/aromatic N) is 2. The van der Waals surface area contributed by atoms with Crippen molar-refractivity contribution in [2.75, 3.05) is 31.7 Å². The Labute approximate surface area is 286 Å². The van der Waals surface area contributed by atoms with Gasteiger partial charge >= 0.3 is 5.97 Å². The SMILES string of the molecule is COc1ccc(N2C/C=C\CCC(=O)N[C@@H](C)[C@H](c3ccccc3)OC(=O)[C@@H]3[C@H]4C(=O)N(CCCCCCO)[C@H](C2=O)[C@]42C=C[C@H]3O2)cc1. The molecule has 11 heteroatoms. The molecule has 1 spiro atoms. The summed E-state index contributed by atoms with van der Waals surface area (Å²) in [6.45, 7) is 2.37. The third-order valence-corrected chi connectivity index (χ3v) is 10.0. The number of hydrogen-bond acceptors (Lipinski definition) is 8. The molecule has 7 atom stereocenters. The van der Waals surface area contributed by atoms with E-state index in [1.54, 1.807) is 60.3 Å². The first-order valence-corrected chi connectivity index (χ1v) is 17.2. The van der Waals surface area contributed by atoms with Crippen molar-refractivity contribution in [1.29, 1.82) is 0 Å². The number of fused-ring (bicyclic) bond motifs is 2. The second-order valence-corrected chi connectivity index (χ2v) is 13.2. The van der Waals surface area contributed by atoms with Gasteiger partial charge in [0.2, 0.25) is 11.8 Å². The average molecular weight is 672 g/mol. The van der Waals surface area contributed by atoms with Crippen LogP contribution in [-0.4, -0.2) is 84.3 Å². The standard InChI is InChI=1S/C38H45N3O8/c1-25-33(26-13-7-5-8-14-26)48-37(46)31-29-20-21-38(49-29)32(31)35(44)41(23-10-3-4-12-24-42)34(38)36(45)40(22-11-6-9-15-30(43)39-25)27-16-18-28(47-2)19-17-27/h5-8,11,13-14,16-21,25,29,31-34,42H,3-4,9-10,12,15,22-24H2,1-2H3,(H,39,43)/b11-6-/t25-,29+,31-,32-,33+,34+,38-/m0/s1. The van der Waals surface area contributed by atoms with Crippen molar-refractivity contribution < 1.29 is 38.5 Å². The lowest BCUT2D eigenvalue weighted by atomic mass is 9.74. The number of rotatable bonds is 9. The fourth-order valence-corrected chi connectivity index (χ4v) is 7.66. The molecule has 49 heavy (non-hydrogen) atoms. The van der Waals surface area contributed by atoms with Crippen LogP contribution in [0.25, 0.3) is 0 Å². The number of amides is 3. The Balaban J connectivity index is 1.41. The summed E-state index contributed by atoms with van der Waals surface area (Å²) >= 11 is 0. The number of carbonyl (C=O) groups excluding carboxylic acids is 4. The molecule has 2 saturated heterocycles. The fourth-order valence-electron chi connectivity index (χ4n) is 7.66. The molecule has 4 heterocycles.